The lowest BCUT2D eigenvalue weighted by Gasteiger charge is -2.46. The maximum atomic E-state index is 11.5. The van der Waals surface area contributed by atoms with E-state index in [2.05, 4.69) is 30.7 Å². The summed E-state index contributed by atoms with van der Waals surface area (Å²) in [4.78, 5) is 19.9. The van der Waals surface area contributed by atoms with Gasteiger partial charge in [-0.25, -0.2) is 4.79 Å². The Bertz CT molecular complexity index is 629. The van der Waals surface area contributed by atoms with E-state index in [9.17, 15) is 9.90 Å². The van der Waals surface area contributed by atoms with Crippen molar-refractivity contribution in [2.75, 3.05) is 31.1 Å². The van der Waals surface area contributed by atoms with Crippen LogP contribution in [0.15, 0.2) is 12.1 Å². The van der Waals surface area contributed by atoms with Crippen molar-refractivity contribution in [1.29, 1.82) is 0 Å². The number of aromatic nitrogens is 1. The van der Waals surface area contributed by atoms with E-state index in [0.29, 0.717) is 32.1 Å². The van der Waals surface area contributed by atoms with Crippen LogP contribution in [-0.2, 0) is 6.42 Å². The van der Waals surface area contributed by atoms with Crippen LogP contribution < -0.4 is 15.4 Å². The smallest absolute Gasteiger partial charge is 0.407 e. The lowest BCUT2D eigenvalue weighted by Crippen LogP contribution is -2.59. The van der Waals surface area contributed by atoms with Crippen LogP contribution in [0.3, 0.4) is 0 Å². The maximum absolute atomic E-state index is 11.5. The van der Waals surface area contributed by atoms with Gasteiger partial charge in [0.2, 0.25) is 5.88 Å². The van der Waals surface area contributed by atoms with Gasteiger partial charge < -0.3 is 25.4 Å². The number of piperazine rings is 1. The van der Waals surface area contributed by atoms with E-state index in [-0.39, 0.29) is 17.5 Å². The summed E-state index contributed by atoms with van der Waals surface area (Å²) in [5.74, 6) is 1.49. The Kier molecular flexibility index (Phi) is 4.29. The van der Waals surface area contributed by atoms with Crippen molar-refractivity contribution in [3.05, 3.63) is 17.7 Å². The third-order valence-corrected chi connectivity index (χ3v) is 4.79. The summed E-state index contributed by atoms with van der Waals surface area (Å²) in [5.41, 5.74) is 6.81. The molecular weight excluding hydrogens is 308 g/mol. The van der Waals surface area contributed by atoms with Gasteiger partial charge in [0, 0.05) is 31.2 Å². The van der Waals surface area contributed by atoms with Crippen LogP contribution in [0.1, 0.15) is 26.3 Å². The van der Waals surface area contributed by atoms with Crippen molar-refractivity contribution in [2.45, 2.75) is 39.3 Å². The van der Waals surface area contributed by atoms with Gasteiger partial charge in [0.05, 0.1) is 6.04 Å². The number of carboxylic acid groups (broad SMARTS) is 1. The first kappa shape index (κ1) is 16.8. The number of carbonyl (C=O) groups is 1. The molecule has 2 aliphatic rings. The molecule has 1 fully saturated rings. The average Bonchev–Trinajstić information content (AvgIpc) is 2.53. The zero-order valence-electron chi connectivity index (χ0n) is 14.5. The van der Waals surface area contributed by atoms with Crippen LogP contribution in [0.25, 0.3) is 0 Å². The molecule has 24 heavy (non-hydrogen) atoms. The summed E-state index contributed by atoms with van der Waals surface area (Å²) in [6, 6.07) is 3.94. The molecule has 1 aromatic rings. The fraction of sp³-hybridized carbons (Fsp3) is 0.647. The van der Waals surface area contributed by atoms with E-state index in [1.165, 1.54) is 0 Å². The highest BCUT2D eigenvalue weighted by Gasteiger charge is 2.38. The Labute approximate surface area is 142 Å². The summed E-state index contributed by atoms with van der Waals surface area (Å²) >= 11 is 0. The monoisotopic (exact) mass is 334 g/mol. The highest BCUT2D eigenvalue weighted by atomic mass is 16.5. The second-order valence-electron chi connectivity index (χ2n) is 7.71. The molecule has 0 spiro atoms. The summed E-state index contributed by atoms with van der Waals surface area (Å²) in [5, 5.41) is 9.47. The minimum atomic E-state index is -0.856. The number of hydrogen-bond donors (Lipinski definition) is 2. The number of ether oxygens (including phenoxy) is 1. The van der Waals surface area contributed by atoms with Crippen molar-refractivity contribution >= 4 is 11.9 Å². The fourth-order valence-electron chi connectivity index (χ4n) is 3.40. The van der Waals surface area contributed by atoms with E-state index in [1.807, 2.05) is 12.1 Å². The van der Waals surface area contributed by atoms with Gasteiger partial charge in [-0.15, -0.1) is 0 Å². The molecule has 3 heterocycles. The number of hydrogen-bond acceptors (Lipinski definition) is 5. The molecule has 0 saturated carbocycles. The van der Waals surface area contributed by atoms with Crippen molar-refractivity contribution < 1.29 is 14.6 Å². The Morgan fingerprint density at radius 2 is 2.12 bits per heavy atom. The molecule has 1 aromatic heterocycles. The summed E-state index contributed by atoms with van der Waals surface area (Å²) in [6.07, 6.45) is -0.0784. The van der Waals surface area contributed by atoms with Gasteiger partial charge in [0.25, 0.3) is 0 Å². The van der Waals surface area contributed by atoms with Crippen LogP contribution >= 0.6 is 0 Å². The molecule has 0 radical (unpaired) electrons. The number of pyridine rings is 1. The largest absolute Gasteiger partial charge is 0.476 e. The van der Waals surface area contributed by atoms with Crippen molar-refractivity contribution in [2.24, 2.45) is 11.1 Å². The van der Waals surface area contributed by atoms with Crippen molar-refractivity contribution in [3.8, 4) is 5.88 Å². The number of nitrogens with zero attached hydrogens (tertiary/aromatic N) is 3. The molecule has 7 nitrogen and oxygen atoms in total. The predicted molar refractivity (Wildman–Crippen MR) is 91.6 cm³/mol. The first-order valence-corrected chi connectivity index (χ1v) is 8.38. The average molecular weight is 334 g/mol. The maximum Gasteiger partial charge on any atom is 0.407 e. The second-order valence-corrected chi connectivity index (χ2v) is 7.71. The third kappa shape index (κ3) is 3.26. The van der Waals surface area contributed by atoms with E-state index >= 15 is 0 Å². The van der Waals surface area contributed by atoms with Gasteiger partial charge in [-0.2, -0.15) is 4.98 Å². The van der Waals surface area contributed by atoms with Gasteiger partial charge >= 0.3 is 6.09 Å². The lowest BCUT2D eigenvalue weighted by molar-refractivity contribution is 0.0746. The minimum absolute atomic E-state index is 0.0227. The molecule has 3 rings (SSSR count). The number of anilines is 1. The van der Waals surface area contributed by atoms with Crippen molar-refractivity contribution in [3.63, 3.8) is 0 Å². The van der Waals surface area contributed by atoms with Crippen molar-refractivity contribution in [1.82, 2.24) is 9.88 Å². The normalized spacial score (nSPS) is 24.3. The van der Waals surface area contributed by atoms with Crippen LogP contribution in [-0.4, -0.2) is 59.4 Å². The topological polar surface area (TPSA) is 91.9 Å². The van der Waals surface area contributed by atoms with E-state index in [4.69, 9.17) is 10.5 Å². The quantitative estimate of drug-likeness (QED) is 0.810. The van der Waals surface area contributed by atoms with E-state index in [0.717, 1.165) is 17.8 Å². The number of nitrogens with two attached hydrogens (primary N) is 1. The number of rotatable bonds is 1. The molecule has 1 unspecified atom stereocenters. The zero-order chi connectivity index (χ0) is 17.5. The van der Waals surface area contributed by atoms with Crippen LogP contribution in [0.4, 0.5) is 10.6 Å². The fourth-order valence-corrected chi connectivity index (χ4v) is 3.40. The lowest BCUT2D eigenvalue weighted by atomic mass is 9.84. The standard InChI is InChI=1S/C17H26N4O3/c1-17(2,3)13-9-20(6-7-21(13)16(22)23)14-5-4-11-8-12(18)10-24-15(11)19-14/h4-5,12-13H,6-10,18H2,1-3H3,(H,22,23)/t12?,13-/m0/s1. The first-order chi connectivity index (χ1) is 11.3. The number of fused-ring (bicyclic) bond motifs is 1. The van der Waals surface area contributed by atoms with Gasteiger partial charge in [-0.05, 0) is 24.0 Å². The second kappa shape index (κ2) is 6.12. The molecule has 7 heteroatoms. The SMILES string of the molecule is CC(C)(C)[C@@H]1CN(c2ccc3c(n2)OCC(N)C3)CCN1C(=O)O. The molecule has 0 bridgehead atoms. The van der Waals surface area contributed by atoms with E-state index < -0.39 is 6.09 Å². The Morgan fingerprint density at radius 3 is 2.79 bits per heavy atom. The molecule has 0 aliphatic carbocycles. The molecule has 1 amide bonds. The first-order valence-electron chi connectivity index (χ1n) is 8.38. The summed E-state index contributed by atoms with van der Waals surface area (Å²) in [7, 11) is 0. The molecule has 3 N–H and O–H groups in total. The van der Waals surface area contributed by atoms with Crippen LogP contribution in [0, 0.1) is 5.41 Å². The third-order valence-electron chi connectivity index (χ3n) is 4.79. The van der Waals surface area contributed by atoms with Crippen LogP contribution in [0.5, 0.6) is 5.88 Å². The Morgan fingerprint density at radius 1 is 1.38 bits per heavy atom. The molecular formula is C17H26N4O3. The highest BCUT2D eigenvalue weighted by molar-refractivity contribution is 5.66. The molecule has 2 atom stereocenters. The van der Waals surface area contributed by atoms with Gasteiger partial charge in [-0.1, -0.05) is 20.8 Å². The van der Waals surface area contributed by atoms with Crippen LogP contribution in [0.2, 0.25) is 0 Å². The summed E-state index contributed by atoms with van der Waals surface area (Å²) in [6.45, 7) is 8.43. The zero-order valence-corrected chi connectivity index (χ0v) is 14.5. The predicted octanol–water partition coefficient (Wildman–Crippen LogP) is 1.56. The minimum Gasteiger partial charge on any atom is -0.476 e. The molecule has 132 valence electrons. The van der Waals surface area contributed by atoms with Gasteiger partial charge in [-0.3, -0.25) is 0 Å². The van der Waals surface area contributed by atoms with E-state index in [1.54, 1.807) is 4.90 Å². The molecule has 0 aromatic carbocycles. The summed E-state index contributed by atoms with van der Waals surface area (Å²) < 4.78 is 5.65. The Hall–Kier alpha value is -2.02. The molecule has 1 saturated heterocycles. The highest BCUT2D eigenvalue weighted by Crippen LogP contribution is 2.31. The van der Waals surface area contributed by atoms with Gasteiger partial charge in [0.1, 0.15) is 12.4 Å². The number of amides is 1. The molecule has 2 aliphatic heterocycles. The Balaban J connectivity index is 1.82. The van der Waals surface area contributed by atoms with Gasteiger partial charge in [0.15, 0.2) is 0 Å².